The Labute approximate surface area is 150 Å². The molecule has 1 saturated heterocycles. The zero-order chi connectivity index (χ0) is 17.2. The molecule has 1 aliphatic rings. The predicted molar refractivity (Wildman–Crippen MR) is 96.1 cm³/mol. The first-order chi connectivity index (χ1) is 11.4. The summed E-state index contributed by atoms with van der Waals surface area (Å²) in [4.78, 5) is 14.7. The molecular formula is C16H17ClN2O3S2. The van der Waals surface area contributed by atoms with E-state index in [1.807, 2.05) is 4.90 Å². The van der Waals surface area contributed by atoms with Crippen LogP contribution in [0.1, 0.15) is 17.7 Å². The summed E-state index contributed by atoms with van der Waals surface area (Å²) in [6.07, 6.45) is 2.34. The number of nitrogens with zero attached hydrogens (tertiary/aromatic N) is 1. The summed E-state index contributed by atoms with van der Waals surface area (Å²) in [7, 11) is -3.66. The molecule has 5 nitrogen and oxygen atoms in total. The Bertz CT molecular complexity index is 825. The highest BCUT2D eigenvalue weighted by atomic mass is 35.5. The molecule has 0 aliphatic carbocycles. The molecule has 3 rings (SSSR count). The molecule has 128 valence electrons. The molecular weight excluding hydrogens is 368 g/mol. The molecule has 1 N–H and O–H groups in total. The van der Waals surface area contributed by atoms with Gasteiger partial charge in [0, 0.05) is 28.7 Å². The first-order valence-corrected chi connectivity index (χ1v) is 10.3. The lowest BCUT2D eigenvalue weighted by molar-refractivity contribution is -0.129. The van der Waals surface area contributed by atoms with Gasteiger partial charge in [0.05, 0.1) is 6.42 Å². The minimum Gasteiger partial charge on any atom is -0.342 e. The van der Waals surface area contributed by atoms with Crippen LogP contribution >= 0.6 is 22.9 Å². The quantitative estimate of drug-likeness (QED) is 0.859. The van der Waals surface area contributed by atoms with Gasteiger partial charge in [-0.1, -0.05) is 11.6 Å². The predicted octanol–water partition coefficient (Wildman–Crippen LogP) is 3.37. The summed E-state index contributed by atoms with van der Waals surface area (Å²) < 4.78 is 27.5. The maximum atomic E-state index is 12.4. The van der Waals surface area contributed by atoms with Gasteiger partial charge in [-0.2, -0.15) is 0 Å². The fourth-order valence-electron chi connectivity index (χ4n) is 2.55. The molecule has 2 aromatic rings. The third-order valence-corrected chi connectivity index (χ3v) is 6.99. The number of nitrogens with one attached hydrogen (secondary N) is 1. The van der Waals surface area contributed by atoms with Gasteiger partial charge >= 0.3 is 0 Å². The van der Waals surface area contributed by atoms with E-state index >= 15 is 0 Å². The molecule has 1 aliphatic heterocycles. The van der Waals surface area contributed by atoms with E-state index in [0.29, 0.717) is 10.7 Å². The first kappa shape index (κ1) is 17.3. The third-order valence-electron chi connectivity index (χ3n) is 3.78. The van der Waals surface area contributed by atoms with Crippen molar-refractivity contribution in [3.63, 3.8) is 0 Å². The summed E-state index contributed by atoms with van der Waals surface area (Å²) in [5.74, 6) is 0.0592. The Kier molecular flexibility index (Phi) is 5.12. The van der Waals surface area contributed by atoms with Crippen LogP contribution in [-0.2, 0) is 21.2 Å². The Morgan fingerprint density at radius 2 is 1.79 bits per heavy atom. The normalized spacial score (nSPS) is 14.8. The third kappa shape index (κ3) is 4.09. The second-order valence-electron chi connectivity index (χ2n) is 5.60. The van der Waals surface area contributed by atoms with Crippen molar-refractivity contribution in [1.29, 1.82) is 0 Å². The highest BCUT2D eigenvalue weighted by Crippen LogP contribution is 2.25. The number of carbonyl (C=O) groups is 1. The van der Waals surface area contributed by atoms with Crippen molar-refractivity contribution in [3.05, 3.63) is 46.3 Å². The van der Waals surface area contributed by atoms with E-state index in [2.05, 4.69) is 4.72 Å². The molecule has 2 heterocycles. The van der Waals surface area contributed by atoms with Crippen molar-refractivity contribution < 1.29 is 13.2 Å². The smallest absolute Gasteiger partial charge is 0.271 e. The lowest BCUT2D eigenvalue weighted by atomic mass is 10.3. The molecule has 1 aromatic carbocycles. The van der Waals surface area contributed by atoms with E-state index in [1.54, 1.807) is 30.3 Å². The fourth-order valence-corrected chi connectivity index (χ4v) is 5.08. The number of rotatable bonds is 5. The SMILES string of the molecule is O=C(Cc1ccc(S(=O)(=O)Nc2ccc(Cl)cc2)s1)N1CCCC1. The lowest BCUT2D eigenvalue weighted by Gasteiger charge is -2.14. The van der Waals surface area contributed by atoms with Crippen molar-refractivity contribution >= 4 is 44.6 Å². The molecule has 8 heteroatoms. The molecule has 0 radical (unpaired) electrons. The van der Waals surface area contributed by atoms with E-state index in [1.165, 1.54) is 6.07 Å². The van der Waals surface area contributed by atoms with Crippen molar-refractivity contribution in [3.8, 4) is 0 Å². The largest absolute Gasteiger partial charge is 0.342 e. The summed E-state index contributed by atoms with van der Waals surface area (Å²) in [6.45, 7) is 1.60. The average Bonchev–Trinajstić information content (AvgIpc) is 3.20. The highest BCUT2D eigenvalue weighted by molar-refractivity contribution is 7.94. The highest BCUT2D eigenvalue weighted by Gasteiger charge is 2.21. The minimum absolute atomic E-state index is 0.0592. The molecule has 1 amide bonds. The summed E-state index contributed by atoms with van der Waals surface area (Å²) in [5.41, 5.74) is 0.447. The van der Waals surface area contributed by atoms with Gasteiger partial charge in [-0.3, -0.25) is 9.52 Å². The van der Waals surface area contributed by atoms with E-state index in [4.69, 9.17) is 11.6 Å². The Morgan fingerprint density at radius 3 is 2.46 bits per heavy atom. The lowest BCUT2D eigenvalue weighted by Crippen LogP contribution is -2.28. The Morgan fingerprint density at radius 1 is 1.12 bits per heavy atom. The molecule has 24 heavy (non-hydrogen) atoms. The van der Waals surface area contributed by atoms with Gasteiger partial charge < -0.3 is 4.90 Å². The molecule has 1 aromatic heterocycles. The first-order valence-electron chi connectivity index (χ1n) is 7.59. The van der Waals surface area contributed by atoms with Crippen molar-refractivity contribution in [2.75, 3.05) is 17.8 Å². The Balaban J connectivity index is 1.69. The van der Waals surface area contributed by atoms with E-state index in [-0.39, 0.29) is 16.5 Å². The number of hydrogen-bond donors (Lipinski definition) is 1. The fraction of sp³-hybridized carbons (Fsp3) is 0.312. The maximum absolute atomic E-state index is 12.4. The number of halogens is 1. The second kappa shape index (κ2) is 7.13. The average molecular weight is 385 g/mol. The zero-order valence-corrected chi connectivity index (χ0v) is 15.3. The van der Waals surface area contributed by atoms with Gasteiger partial charge in [0.2, 0.25) is 5.91 Å². The van der Waals surface area contributed by atoms with Gasteiger partial charge in [-0.05, 0) is 49.2 Å². The number of thiophene rings is 1. The Hall–Kier alpha value is -1.57. The van der Waals surface area contributed by atoms with Gasteiger partial charge in [0.1, 0.15) is 4.21 Å². The summed E-state index contributed by atoms with van der Waals surface area (Å²) in [5, 5.41) is 0.539. The topological polar surface area (TPSA) is 66.5 Å². The van der Waals surface area contributed by atoms with Gasteiger partial charge in [-0.25, -0.2) is 8.42 Å². The molecule has 0 unspecified atom stereocenters. The standard InChI is InChI=1S/C16H17ClN2O3S2/c17-12-3-5-13(6-4-12)18-24(21,22)16-8-7-14(23-16)11-15(20)19-9-1-2-10-19/h3-8,18H,1-2,9-11H2. The van der Waals surface area contributed by atoms with Crippen LogP contribution in [0.15, 0.2) is 40.6 Å². The summed E-state index contributed by atoms with van der Waals surface area (Å²) >= 11 is 6.92. The van der Waals surface area contributed by atoms with Crippen molar-refractivity contribution in [2.45, 2.75) is 23.5 Å². The number of amides is 1. The van der Waals surface area contributed by atoms with E-state index < -0.39 is 10.0 Å². The van der Waals surface area contributed by atoms with Crippen molar-refractivity contribution in [2.24, 2.45) is 0 Å². The zero-order valence-electron chi connectivity index (χ0n) is 12.9. The van der Waals surface area contributed by atoms with E-state index in [9.17, 15) is 13.2 Å². The monoisotopic (exact) mass is 384 g/mol. The van der Waals surface area contributed by atoms with Crippen LogP contribution in [0.3, 0.4) is 0 Å². The number of hydrogen-bond acceptors (Lipinski definition) is 4. The van der Waals surface area contributed by atoms with Crippen LogP contribution in [-0.4, -0.2) is 32.3 Å². The van der Waals surface area contributed by atoms with E-state index in [0.717, 1.165) is 42.1 Å². The van der Waals surface area contributed by atoms with Crippen LogP contribution < -0.4 is 4.72 Å². The molecule has 0 spiro atoms. The number of carbonyl (C=O) groups excluding carboxylic acids is 1. The summed E-state index contributed by atoms with van der Waals surface area (Å²) in [6, 6.07) is 9.68. The van der Waals surface area contributed by atoms with Crippen LogP contribution in [0.4, 0.5) is 5.69 Å². The minimum atomic E-state index is -3.66. The number of benzene rings is 1. The second-order valence-corrected chi connectivity index (χ2v) is 9.11. The molecule has 0 atom stereocenters. The van der Waals surface area contributed by atoms with Crippen LogP contribution in [0.2, 0.25) is 5.02 Å². The van der Waals surface area contributed by atoms with Crippen LogP contribution in [0.5, 0.6) is 0 Å². The molecule has 1 fully saturated rings. The number of likely N-dealkylation sites (tertiary alicyclic amines) is 1. The van der Waals surface area contributed by atoms with Gasteiger partial charge in [0.25, 0.3) is 10.0 Å². The number of anilines is 1. The van der Waals surface area contributed by atoms with Gasteiger partial charge in [-0.15, -0.1) is 11.3 Å². The number of sulfonamides is 1. The van der Waals surface area contributed by atoms with Gasteiger partial charge in [0.15, 0.2) is 0 Å². The maximum Gasteiger partial charge on any atom is 0.271 e. The van der Waals surface area contributed by atoms with Crippen LogP contribution in [0, 0.1) is 0 Å². The van der Waals surface area contributed by atoms with Crippen molar-refractivity contribution in [1.82, 2.24) is 4.90 Å². The molecule has 0 saturated carbocycles. The molecule has 0 bridgehead atoms. The van der Waals surface area contributed by atoms with Crippen LogP contribution in [0.25, 0.3) is 0 Å².